The van der Waals surface area contributed by atoms with E-state index in [0.717, 1.165) is 11.2 Å². The average Bonchev–Trinajstić information content (AvgIpc) is 3.61. The molecule has 2 heteroatoms. The lowest BCUT2D eigenvalue weighted by Crippen LogP contribution is -1.89. The maximum absolute atomic E-state index is 6.41. The molecule has 0 bridgehead atoms. The molecule has 0 spiro atoms. The zero-order valence-electron chi connectivity index (χ0n) is 21.5. The molecule has 0 saturated carbocycles. The molecule has 0 aliphatic heterocycles. The van der Waals surface area contributed by atoms with Gasteiger partial charge in [0.2, 0.25) is 0 Å². The highest BCUT2D eigenvalue weighted by atomic mass is 32.1. The van der Waals surface area contributed by atoms with Crippen LogP contribution in [0.5, 0.6) is 0 Å². The molecule has 0 aliphatic rings. The second-order valence-electron chi connectivity index (χ2n) is 10.5. The molecular formula is C38H22OS. The number of fused-ring (bicyclic) bond motifs is 8. The molecule has 2 aromatic heterocycles. The van der Waals surface area contributed by atoms with Gasteiger partial charge in [0, 0.05) is 31.3 Å². The van der Waals surface area contributed by atoms with Crippen molar-refractivity contribution in [3.05, 3.63) is 133 Å². The minimum Gasteiger partial charge on any atom is -0.455 e. The predicted molar refractivity (Wildman–Crippen MR) is 172 cm³/mol. The number of hydrogen-bond acceptors (Lipinski definition) is 2. The van der Waals surface area contributed by atoms with E-state index in [2.05, 4.69) is 127 Å². The third kappa shape index (κ3) is 3.08. The minimum absolute atomic E-state index is 0.938. The third-order valence-corrected chi connectivity index (χ3v) is 9.37. The lowest BCUT2D eigenvalue weighted by Gasteiger charge is -2.17. The van der Waals surface area contributed by atoms with Gasteiger partial charge in [-0.2, -0.15) is 0 Å². The highest BCUT2D eigenvalue weighted by Gasteiger charge is 2.19. The third-order valence-electron chi connectivity index (χ3n) is 8.26. The molecule has 0 aliphatic carbocycles. The number of furan rings is 1. The van der Waals surface area contributed by atoms with E-state index < -0.39 is 0 Å². The zero-order valence-corrected chi connectivity index (χ0v) is 22.3. The van der Waals surface area contributed by atoms with Gasteiger partial charge < -0.3 is 4.42 Å². The molecule has 0 atom stereocenters. The number of benzene rings is 7. The first-order chi connectivity index (χ1) is 19.8. The largest absolute Gasteiger partial charge is 0.455 e. The summed E-state index contributed by atoms with van der Waals surface area (Å²) in [6.45, 7) is 0. The van der Waals surface area contributed by atoms with E-state index in [-0.39, 0.29) is 0 Å². The Morgan fingerprint density at radius 1 is 0.425 bits per heavy atom. The lowest BCUT2D eigenvalue weighted by molar-refractivity contribution is 0.673. The highest BCUT2D eigenvalue weighted by molar-refractivity contribution is 7.22. The van der Waals surface area contributed by atoms with Gasteiger partial charge >= 0.3 is 0 Å². The summed E-state index contributed by atoms with van der Waals surface area (Å²) < 4.78 is 7.65. The van der Waals surface area contributed by atoms with Crippen molar-refractivity contribution in [3.8, 4) is 21.6 Å². The first-order valence-electron chi connectivity index (χ1n) is 13.6. The van der Waals surface area contributed by atoms with E-state index in [9.17, 15) is 0 Å². The van der Waals surface area contributed by atoms with Gasteiger partial charge in [0.05, 0.1) is 0 Å². The van der Waals surface area contributed by atoms with Crippen LogP contribution in [0, 0.1) is 0 Å². The summed E-state index contributed by atoms with van der Waals surface area (Å²) in [5, 5.41) is 11.1. The van der Waals surface area contributed by atoms with Crippen molar-refractivity contribution in [2.24, 2.45) is 0 Å². The fourth-order valence-corrected chi connectivity index (χ4v) is 7.60. The SMILES string of the molecule is c1ccc2cc(-c3c4ccccc4c(-c4cc5c(ccc6c7ccccc7oc56)s4)c4ccccc34)ccc2c1. The van der Waals surface area contributed by atoms with Crippen molar-refractivity contribution < 1.29 is 4.42 Å². The monoisotopic (exact) mass is 526 g/mol. The van der Waals surface area contributed by atoms with Crippen LogP contribution in [0.1, 0.15) is 0 Å². The van der Waals surface area contributed by atoms with Crippen LogP contribution < -0.4 is 0 Å². The molecule has 0 amide bonds. The summed E-state index contributed by atoms with van der Waals surface area (Å²) in [6.07, 6.45) is 0. The van der Waals surface area contributed by atoms with E-state index in [1.165, 1.54) is 74.7 Å². The molecule has 2 heterocycles. The normalized spacial score (nSPS) is 12.0. The fraction of sp³-hybridized carbons (Fsp3) is 0. The number of para-hydroxylation sites is 1. The van der Waals surface area contributed by atoms with E-state index in [4.69, 9.17) is 4.42 Å². The van der Waals surface area contributed by atoms with Crippen LogP contribution in [-0.4, -0.2) is 0 Å². The second kappa shape index (κ2) is 8.29. The summed E-state index contributed by atoms with van der Waals surface area (Å²) in [7, 11) is 0. The Hall–Kier alpha value is -4.92. The van der Waals surface area contributed by atoms with Gasteiger partial charge in [-0.3, -0.25) is 0 Å². The number of rotatable bonds is 2. The maximum Gasteiger partial charge on any atom is 0.144 e. The Balaban J connectivity index is 1.37. The molecule has 9 rings (SSSR count). The van der Waals surface area contributed by atoms with Crippen molar-refractivity contribution in [1.82, 2.24) is 0 Å². The molecule has 0 saturated heterocycles. The van der Waals surface area contributed by atoms with Gasteiger partial charge in [-0.15, -0.1) is 11.3 Å². The molecule has 0 radical (unpaired) electrons. The molecule has 0 unspecified atom stereocenters. The summed E-state index contributed by atoms with van der Waals surface area (Å²) >= 11 is 1.85. The van der Waals surface area contributed by atoms with Gasteiger partial charge in [0.1, 0.15) is 11.2 Å². The topological polar surface area (TPSA) is 13.1 Å². The minimum atomic E-state index is 0.938. The highest BCUT2D eigenvalue weighted by Crippen LogP contribution is 2.48. The van der Waals surface area contributed by atoms with Crippen molar-refractivity contribution in [2.45, 2.75) is 0 Å². The second-order valence-corrected chi connectivity index (χ2v) is 11.5. The number of hydrogen-bond donors (Lipinski definition) is 0. The molecule has 0 fully saturated rings. The standard InChI is InChI=1S/C38H22OS/c1-2-10-24-21-25(18-17-23(24)9-1)36-27-12-3-5-14-29(27)37(30-15-6-4-13-28(30)36)35-22-32-34(40-35)20-19-31-26-11-7-8-16-33(26)39-38(31)32/h1-22H. The van der Waals surface area contributed by atoms with Crippen LogP contribution in [0.4, 0.5) is 0 Å². The van der Waals surface area contributed by atoms with Crippen LogP contribution in [-0.2, 0) is 0 Å². The van der Waals surface area contributed by atoms with Gasteiger partial charge in [0.25, 0.3) is 0 Å². The summed E-state index contributed by atoms with van der Waals surface area (Å²) in [6, 6.07) is 48.3. The van der Waals surface area contributed by atoms with Crippen LogP contribution in [0.2, 0.25) is 0 Å². The summed E-state index contributed by atoms with van der Waals surface area (Å²) in [4.78, 5) is 1.26. The molecule has 1 nitrogen and oxygen atoms in total. The van der Waals surface area contributed by atoms with E-state index in [1.54, 1.807) is 0 Å². The van der Waals surface area contributed by atoms with Gasteiger partial charge in [-0.1, -0.05) is 103 Å². The fourth-order valence-electron chi connectivity index (χ4n) is 6.47. The maximum atomic E-state index is 6.41. The average molecular weight is 527 g/mol. The van der Waals surface area contributed by atoms with E-state index >= 15 is 0 Å². The predicted octanol–water partition coefficient (Wildman–Crippen LogP) is 11.6. The zero-order chi connectivity index (χ0) is 26.2. The lowest BCUT2D eigenvalue weighted by atomic mass is 9.87. The molecule has 186 valence electrons. The Labute approximate surface area is 234 Å². The van der Waals surface area contributed by atoms with Crippen molar-refractivity contribution >= 4 is 75.7 Å². The first kappa shape index (κ1) is 22.0. The smallest absolute Gasteiger partial charge is 0.144 e. The van der Waals surface area contributed by atoms with Crippen molar-refractivity contribution in [2.75, 3.05) is 0 Å². The quantitative estimate of drug-likeness (QED) is 0.204. The first-order valence-corrected chi connectivity index (χ1v) is 14.4. The van der Waals surface area contributed by atoms with Crippen LogP contribution in [0.15, 0.2) is 138 Å². The summed E-state index contributed by atoms with van der Waals surface area (Å²) in [5.74, 6) is 0. The Kier molecular flexibility index (Phi) is 4.55. The van der Waals surface area contributed by atoms with E-state index in [1.807, 2.05) is 17.4 Å². The van der Waals surface area contributed by atoms with E-state index in [0.29, 0.717) is 0 Å². The van der Waals surface area contributed by atoms with Crippen molar-refractivity contribution in [3.63, 3.8) is 0 Å². The molecular weight excluding hydrogens is 504 g/mol. The van der Waals surface area contributed by atoms with Crippen LogP contribution in [0.3, 0.4) is 0 Å². The van der Waals surface area contributed by atoms with Gasteiger partial charge in [0.15, 0.2) is 0 Å². The Bertz CT molecular complexity index is 2380. The van der Waals surface area contributed by atoms with Crippen LogP contribution in [0.25, 0.3) is 85.9 Å². The van der Waals surface area contributed by atoms with Crippen LogP contribution >= 0.6 is 11.3 Å². The molecule has 40 heavy (non-hydrogen) atoms. The Morgan fingerprint density at radius 2 is 1.05 bits per heavy atom. The van der Waals surface area contributed by atoms with Gasteiger partial charge in [-0.25, -0.2) is 0 Å². The molecule has 9 aromatic rings. The van der Waals surface area contributed by atoms with Crippen molar-refractivity contribution in [1.29, 1.82) is 0 Å². The molecule has 0 N–H and O–H groups in total. The Morgan fingerprint density at radius 3 is 1.80 bits per heavy atom. The summed E-state index contributed by atoms with van der Waals surface area (Å²) in [5.41, 5.74) is 5.75. The molecule has 7 aromatic carbocycles. The number of thiophene rings is 1. The van der Waals surface area contributed by atoms with Gasteiger partial charge in [-0.05, 0) is 73.8 Å².